The number of anilines is 2. The molecule has 0 aliphatic carbocycles. The van der Waals surface area contributed by atoms with Crippen molar-refractivity contribution < 1.29 is 4.79 Å². The van der Waals surface area contributed by atoms with Crippen molar-refractivity contribution in [2.24, 2.45) is 11.7 Å². The number of carbonyl (C=O) groups excluding carboxylic acids is 1. The van der Waals surface area contributed by atoms with Crippen LogP contribution < -0.4 is 16.0 Å². The Morgan fingerprint density at radius 3 is 2.61 bits per heavy atom. The van der Waals surface area contributed by atoms with Crippen LogP contribution in [0.2, 0.25) is 0 Å². The fourth-order valence-electron chi connectivity index (χ4n) is 1.46. The van der Waals surface area contributed by atoms with Crippen LogP contribution in [0, 0.1) is 5.92 Å². The third-order valence-electron chi connectivity index (χ3n) is 3.03. The normalized spacial score (nSPS) is 13.8. The highest BCUT2D eigenvalue weighted by molar-refractivity contribution is 5.94. The molecule has 1 unspecified atom stereocenters. The fourth-order valence-corrected chi connectivity index (χ4v) is 1.46. The van der Waals surface area contributed by atoms with Gasteiger partial charge in [-0.2, -0.15) is 0 Å². The summed E-state index contributed by atoms with van der Waals surface area (Å²) in [5.41, 5.74) is 6.53. The molecule has 2 atom stereocenters. The lowest BCUT2D eigenvalue weighted by molar-refractivity contribution is -0.118. The molecule has 0 bridgehead atoms. The SMILES string of the molecule is CCC(C)[C@H](N)C(=O)Nc1ccc(N(C)C)nc1. The second-order valence-electron chi connectivity index (χ2n) is 4.70. The highest BCUT2D eigenvalue weighted by Gasteiger charge is 2.19. The lowest BCUT2D eigenvalue weighted by Crippen LogP contribution is -2.40. The number of hydrogen-bond acceptors (Lipinski definition) is 4. The number of nitrogens with two attached hydrogens (primary N) is 1. The number of pyridine rings is 1. The van der Waals surface area contributed by atoms with E-state index in [1.165, 1.54) is 0 Å². The van der Waals surface area contributed by atoms with Crippen LogP contribution in [0.15, 0.2) is 18.3 Å². The topological polar surface area (TPSA) is 71.2 Å². The van der Waals surface area contributed by atoms with Gasteiger partial charge < -0.3 is 16.0 Å². The van der Waals surface area contributed by atoms with E-state index < -0.39 is 6.04 Å². The van der Waals surface area contributed by atoms with E-state index >= 15 is 0 Å². The molecule has 1 heterocycles. The molecule has 0 saturated heterocycles. The van der Waals surface area contributed by atoms with Gasteiger partial charge >= 0.3 is 0 Å². The third kappa shape index (κ3) is 3.70. The zero-order chi connectivity index (χ0) is 13.7. The van der Waals surface area contributed by atoms with Gasteiger partial charge in [0, 0.05) is 14.1 Å². The Hall–Kier alpha value is -1.62. The molecule has 0 spiro atoms. The number of amides is 1. The first-order valence-electron chi connectivity index (χ1n) is 6.15. The van der Waals surface area contributed by atoms with Gasteiger partial charge in [-0.25, -0.2) is 4.98 Å². The lowest BCUT2D eigenvalue weighted by Gasteiger charge is -2.18. The predicted octanol–water partition coefficient (Wildman–Crippen LogP) is 1.46. The second-order valence-corrected chi connectivity index (χ2v) is 4.70. The highest BCUT2D eigenvalue weighted by atomic mass is 16.2. The average Bonchev–Trinajstić information content (AvgIpc) is 2.37. The monoisotopic (exact) mass is 250 g/mol. The molecule has 0 aliphatic heterocycles. The van der Waals surface area contributed by atoms with E-state index in [-0.39, 0.29) is 11.8 Å². The molecule has 5 nitrogen and oxygen atoms in total. The van der Waals surface area contributed by atoms with Crippen LogP contribution in [0.1, 0.15) is 20.3 Å². The van der Waals surface area contributed by atoms with Crippen LogP contribution in [0.3, 0.4) is 0 Å². The van der Waals surface area contributed by atoms with Crippen molar-refractivity contribution >= 4 is 17.4 Å². The molecule has 0 radical (unpaired) electrons. The van der Waals surface area contributed by atoms with Crippen molar-refractivity contribution in [2.45, 2.75) is 26.3 Å². The minimum atomic E-state index is -0.483. The van der Waals surface area contributed by atoms with Gasteiger partial charge in [0.15, 0.2) is 0 Å². The molecule has 18 heavy (non-hydrogen) atoms. The minimum absolute atomic E-state index is 0.163. The number of rotatable bonds is 5. The van der Waals surface area contributed by atoms with E-state index in [9.17, 15) is 4.79 Å². The standard InChI is InChI=1S/C13H22N4O/c1-5-9(2)12(14)13(18)16-10-6-7-11(15-8-10)17(3)4/h6-9,12H,5,14H2,1-4H3,(H,16,18)/t9?,12-/m0/s1. The zero-order valence-electron chi connectivity index (χ0n) is 11.5. The Kier molecular flexibility index (Phi) is 5.09. The maximum Gasteiger partial charge on any atom is 0.241 e. The van der Waals surface area contributed by atoms with Crippen LogP contribution in [0.4, 0.5) is 11.5 Å². The largest absolute Gasteiger partial charge is 0.363 e. The number of nitrogens with one attached hydrogen (secondary N) is 1. The summed E-state index contributed by atoms with van der Waals surface area (Å²) in [5, 5.41) is 2.78. The number of aromatic nitrogens is 1. The van der Waals surface area contributed by atoms with Crippen LogP contribution in [0.25, 0.3) is 0 Å². The summed E-state index contributed by atoms with van der Waals surface area (Å²) in [6.45, 7) is 3.99. The van der Waals surface area contributed by atoms with Crippen LogP contribution in [-0.4, -0.2) is 31.0 Å². The molecule has 1 aromatic heterocycles. The molecule has 0 fully saturated rings. The first-order valence-corrected chi connectivity index (χ1v) is 6.15. The molecule has 100 valence electrons. The maximum atomic E-state index is 11.9. The van der Waals surface area contributed by atoms with E-state index in [0.717, 1.165) is 12.2 Å². The predicted molar refractivity (Wildman–Crippen MR) is 74.6 cm³/mol. The second kappa shape index (κ2) is 6.35. The number of carbonyl (C=O) groups is 1. The third-order valence-corrected chi connectivity index (χ3v) is 3.03. The Balaban J connectivity index is 2.65. The summed E-state index contributed by atoms with van der Waals surface area (Å²) in [4.78, 5) is 18.0. The van der Waals surface area contributed by atoms with E-state index in [2.05, 4.69) is 10.3 Å². The van der Waals surface area contributed by atoms with Crippen molar-refractivity contribution in [3.05, 3.63) is 18.3 Å². The van der Waals surface area contributed by atoms with Crippen LogP contribution in [-0.2, 0) is 4.79 Å². The zero-order valence-corrected chi connectivity index (χ0v) is 11.5. The van der Waals surface area contributed by atoms with Crippen molar-refractivity contribution in [1.82, 2.24) is 4.98 Å². The highest BCUT2D eigenvalue weighted by Crippen LogP contribution is 2.13. The molecule has 0 saturated carbocycles. The van der Waals surface area contributed by atoms with Crippen molar-refractivity contribution in [3.8, 4) is 0 Å². The Morgan fingerprint density at radius 1 is 1.50 bits per heavy atom. The van der Waals surface area contributed by atoms with Gasteiger partial charge in [-0.3, -0.25) is 4.79 Å². The smallest absolute Gasteiger partial charge is 0.241 e. The summed E-state index contributed by atoms with van der Waals surface area (Å²) < 4.78 is 0. The van der Waals surface area contributed by atoms with Gasteiger partial charge in [0.05, 0.1) is 17.9 Å². The molecular weight excluding hydrogens is 228 g/mol. The molecule has 1 rings (SSSR count). The lowest BCUT2D eigenvalue weighted by atomic mass is 9.99. The van der Waals surface area contributed by atoms with E-state index in [0.29, 0.717) is 5.69 Å². The van der Waals surface area contributed by atoms with E-state index in [1.54, 1.807) is 6.20 Å². The van der Waals surface area contributed by atoms with Crippen LogP contribution in [0.5, 0.6) is 0 Å². The van der Waals surface area contributed by atoms with Gasteiger partial charge in [-0.15, -0.1) is 0 Å². The van der Waals surface area contributed by atoms with Crippen molar-refractivity contribution in [1.29, 1.82) is 0 Å². The summed E-state index contributed by atoms with van der Waals surface area (Å²) in [6, 6.07) is 3.19. The first kappa shape index (κ1) is 14.4. The van der Waals surface area contributed by atoms with Crippen LogP contribution >= 0.6 is 0 Å². The van der Waals surface area contributed by atoms with Gasteiger partial charge in [0.1, 0.15) is 5.82 Å². The molecule has 1 aromatic rings. The van der Waals surface area contributed by atoms with Gasteiger partial charge in [-0.05, 0) is 18.1 Å². The van der Waals surface area contributed by atoms with Gasteiger partial charge in [-0.1, -0.05) is 20.3 Å². The molecule has 3 N–H and O–H groups in total. The molecule has 0 aromatic carbocycles. The Morgan fingerprint density at radius 2 is 2.17 bits per heavy atom. The Labute approximate surface area is 108 Å². The summed E-state index contributed by atoms with van der Waals surface area (Å²) >= 11 is 0. The summed E-state index contributed by atoms with van der Waals surface area (Å²) in [7, 11) is 3.83. The Bertz CT molecular complexity index is 388. The van der Waals surface area contributed by atoms with E-state index in [1.807, 2.05) is 45.0 Å². The number of nitrogens with zero attached hydrogens (tertiary/aromatic N) is 2. The molecular formula is C13H22N4O. The summed E-state index contributed by atoms with van der Waals surface area (Å²) in [6.07, 6.45) is 2.52. The average molecular weight is 250 g/mol. The van der Waals surface area contributed by atoms with Crippen molar-refractivity contribution in [2.75, 3.05) is 24.3 Å². The van der Waals surface area contributed by atoms with Gasteiger partial charge in [0.25, 0.3) is 0 Å². The quantitative estimate of drug-likeness (QED) is 0.830. The fraction of sp³-hybridized carbons (Fsp3) is 0.538. The number of hydrogen-bond donors (Lipinski definition) is 2. The summed E-state index contributed by atoms with van der Waals surface area (Å²) in [5.74, 6) is 0.849. The minimum Gasteiger partial charge on any atom is -0.363 e. The van der Waals surface area contributed by atoms with E-state index in [4.69, 9.17) is 5.73 Å². The maximum absolute atomic E-state index is 11.9. The van der Waals surface area contributed by atoms with Crippen molar-refractivity contribution in [3.63, 3.8) is 0 Å². The first-order chi connectivity index (χ1) is 8.45. The van der Waals surface area contributed by atoms with Gasteiger partial charge in [0.2, 0.25) is 5.91 Å². The molecule has 5 heteroatoms. The molecule has 0 aliphatic rings. The molecule has 1 amide bonds.